The van der Waals surface area contributed by atoms with E-state index in [-0.39, 0.29) is 103 Å². The molecular weight excluding hydrogens is 644 g/mol. The molecule has 0 spiro atoms. The molecule has 0 radical (unpaired) electrons. The Labute approximate surface area is 286 Å². The Kier molecular flexibility index (Phi) is 19.8. The normalized spacial score (nSPS) is 12.4. The SMILES string of the molecule is CC(C)(C)C(=O)CC(=O)C(C)(C)C.CC(C)(C)C(=O)CC(=O)C(C)(C)C.CC(C)(C)C(=O)CC(=O)C(C)(C)C.[Eu+3]. The molecular formula is C33H60EuO6+3. The van der Waals surface area contributed by atoms with Crippen LogP contribution in [0.25, 0.3) is 0 Å². The van der Waals surface area contributed by atoms with Crippen molar-refractivity contribution >= 4 is 34.7 Å². The molecule has 0 heterocycles. The summed E-state index contributed by atoms with van der Waals surface area (Å²) in [6.45, 7) is 33.1. The summed E-state index contributed by atoms with van der Waals surface area (Å²) in [6.07, 6.45) is 0.187. The fourth-order valence-corrected chi connectivity index (χ4v) is 2.03. The van der Waals surface area contributed by atoms with E-state index in [2.05, 4.69) is 0 Å². The molecule has 0 aliphatic heterocycles. The van der Waals surface area contributed by atoms with Gasteiger partial charge < -0.3 is 0 Å². The molecule has 0 atom stereocenters. The standard InChI is InChI=1S/3C11H20O2.Eu/c3*1-10(2,3)8(12)7-9(13)11(4,5)6;/h3*7H2,1-6H3;/q;;;+3. The largest absolute Gasteiger partial charge is 3.00 e. The van der Waals surface area contributed by atoms with E-state index in [0.29, 0.717) is 0 Å². The smallest absolute Gasteiger partial charge is 0.299 e. The van der Waals surface area contributed by atoms with Crippen molar-refractivity contribution < 1.29 is 78.1 Å². The van der Waals surface area contributed by atoms with Crippen LogP contribution in [-0.4, -0.2) is 34.7 Å². The predicted molar refractivity (Wildman–Crippen MR) is 161 cm³/mol. The molecule has 0 fully saturated rings. The van der Waals surface area contributed by atoms with Gasteiger partial charge >= 0.3 is 49.4 Å². The Morgan fingerprint density at radius 1 is 0.275 bits per heavy atom. The van der Waals surface area contributed by atoms with Crippen LogP contribution >= 0.6 is 0 Å². The molecule has 0 saturated carbocycles. The van der Waals surface area contributed by atoms with Gasteiger partial charge in [0, 0.05) is 32.5 Å². The van der Waals surface area contributed by atoms with Crippen LogP contribution in [-0.2, 0) is 28.8 Å². The third kappa shape index (κ3) is 22.2. The number of carbonyl (C=O) groups is 6. The summed E-state index contributed by atoms with van der Waals surface area (Å²) in [5.41, 5.74) is -2.41. The van der Waals surface area contributed by atoms with Crippen molar-refractivity contribution in [1.29, 1.82) is 0 Å². The zero-order chi connectivity index (χ0) is 32.6. The average Bonchev–Trinajstić information content (AvgIpc) is 2.64. The van der Waals surface area contributed by atoms with Crippen LogP contribution in [0.3, 0.4) is 0 Å². The van der Waals surface area contributed by atoms with Crippen LogP contribution < -0.4 is 0 Å². The fourth-order valence-electron chi connectivity index (χ4n) is 2.03. The number of carbonyl (C=O) groups excluding carboxylic acids is 6. The molecule has 0 aliphatic rings. The Morgan fingerprint density at radius 3 is 0.400 bits per heavy atom. The van der Waals surface area contributed by atoms with Crippen molar-refractivity contribution in [2.24, 2.45) is 32.5 Å². The van der Waals surface area contributed by atoms with Gasteiger partial charge in [-0.2, -0.15) is 0 Å². The third-order valence-electron chi connectivity index (χ3n) is 5.98. The first-order valence-corrected chi connectivity index (χ1v) is 13.8. The van der Waals surface area contributed by atoms with Crippen LogP contribution in [0.15, 0.2) is 0 Å². The second kappa shape index (κ2) is 17.0. The summed E-state index contributed by atoms with van der Waals surface area (Å²) < 4.78 is 0. The van der Waals surface area contributed by atoms with Gasteiger partial charge in [0.25, 0.3) is 0 Å². The summed E-state index contributed by atoms with van der Waals surface area (Å²) in [5.74, 6) is 0.125. The number of hydrogen-bond acceptors (Lipinski definition) is 6. The zero-order valence-electron chi connectivity index (χ0n) is 28.9. The summed E-state index contributed by atoms with van der Waals surface area (Å²) in [5, 5.41) is 0. The van der Waals surface area contributed by atoms with Crippen molar-refractivity contribution in [3.63, 3.8) is 0 Å². The fraction of sp³-hybridized carbons (Fsp3) is 0.818. The monoisotopic (exact) mass is 705 g/mol. The Balaban J connectivity index is -0.000000240. The van der Waals surface area contributed by atoms with E-state index in [0.717, 1.165) is 0 Å². The van der Waals surface area contributed by atoms with Gasteiger partial charge in [-0.1, -0.05) is 125 Å². The van der Waals surface area contributed by atoms with Gasteiger partial charge in [-0.05, 0) is 0 Å². The molecule has 0 bridgehead atoms. The van der Waals surface area contributed by atoms with Crippen molar-refractivity contribution in [2.75, 3.05) is 0 Å². The van der Waals surface area contributed by atoms with Crippen molar-refractivity contribution in [3.8, 4) is 0 Å². The van der Waals surface area contributed by atoms with Gasteiger partial charge in [-0.3, -0.25) is 28.8 Å². The Bertz CT molecular complexity index is 693. The van der Waals surface area contributed by atoms with Gasteiger partial charge in [-0.15, -0.1) is 0 Å². The van der Waals surface area contributed by atoms with Gasteiger partial charge in [0.15, 0.2) is 0 Å². The minimum Gasteiger partial charge on any atom is -0.299 e. The first-order valence-electron chi connectivity index (χ1n) is 13.8. The van der Waals surface area contributed by atoms with Crippen molar-refractivity contribution in [2.45, 2.75) is 144 Å². The molecule has 0 aromatic rings. The minimum absolute atomic E-state index is 0. The first kappa shape index (κ1) is 46.6. The topological polar surface area (TPSA) is 102 Å². The molecule has 6 nitrogen and oxygen atoms in total. The zero-order valence-corrected chi connectivity index (χ0v) is 31.4. The van der Waals surface area contributed by atoms with Crippen LogP contribution in [0.1, 0.15) is 144 Å². The number of hydrogen-bond donors (Lipinski definition) is 0. The van der Waals surface area contributed by atoms with Gasteiger partial charge in [0.05, 0.1) is 19.3 Å². The second-order valence-corrected chi connectivity index (χ2v) is 16.6. The van der Waals surface area contributed by atoms with Gasteiger partial charge in [0.2, 0.25) is 0 Å². The second-order valence-electron chi connectivity index (χ2n) is 16.6. The van der Waals surface area contributed by atoms with Crippen LogP contribution in [0, 0.1) is 81.9 Å². The summed E-state index contributed by atoms with van der Waals surface area (Å²) >= 11 is 0. The number of ketones is 6. The number of rotatable bonds is 6. The molecule has 0 saturated heterocycles. The molecule has 0 amide bonds. The third-order valence-corrected chi connectivity index (χ3v) is 5.98. The Morgan fingerprint density at radius 2 is 0.350 bits per heavy atom. The van der Waals surface area contributed by atoms with Crippen molar-refractivity contribution in [3.05, 3.63) is 0 Å². The summed E-state index contributed by atoms with van der Waals surface area (Å²) in [6, 6.07) is 0. The van der Waals surface area contributed by atoms with Crippen molar-refractivity contribution in [1.82, 2.24) is 0 Å². The molecule has 0 unspecified atom stereocenters. The number of Topliss-reactive ketones (excluding diaryl/α,β-unsaturated/α-hetero) is 6. The molecule has 0 aliphatic carbocycles. The summed E-state index contributed by atoms with van der Waals surface area (Å²) in [7, 11) is 0. The minimum atomic E-state index is -0.402. The predicted octanol–water partition coefficient (Wildman–Crippen LogP) is 7.82. The van der Waals surface area contributed by atoms with Crippen LogP contribution in [0.2, 0.25) is 0 Å². The maximum atomic E-state index is 11.5. The van der Waals surface area contributed by atoms with E-state index < -0.39 is 32.5 Å². The maximum Gasteiger partial charge on any atom is 3.00 e. The van der Waals surface area contributed by atoms with Crippen LogP contribution in [0.4, 0.5) is 0 Å². The van der Waals surface area contributed by atoms with E-state index in [4.69, 9.17) is 0 Å². The van der Waals surface area contributed by atoms with E-state index in [1.54, 1.807) is 0 Å². The van der Waals surface area contributed by atoms with Gasteiger partial charge in [-0.25, -0.2) is 0 Å². The van der Waals surface area contributed by atoms with Crippen LogP contribution in [0.5, 0.6) is 0 Å². The van der Waals surface area contributed by atoms with Gasteiger partial charge in [0.1, 0.15) is 34.7 Å². The first-order chi connectivity index (χ1) is 16.6. The molecule has 0 N–H and O–H groups in total. The molecule has 0 aromatic carbocycles. The van der Waals surface area contributed by atoms with E-state index in [9.17, 15) is 28.8 Å². The molecule has 40 heavy (non-hydrogen) atoms. The Hall–Kier alpha value is -0.396. The van der Waals surface area contributed by atoms with E-state index in [1.165, 1.54) is 0 Å². The maximum absolute atomic E-state index is 11.5. The molecule has 232 valence electrons. The molecule has 0 aromatic heterocycles. The van der Waals surface area contributed by atoms with E-state index in [1.807, 2.05) is 125 Å². The summed E-state index contributed by atoms with van der Waals surface area (Å²) in [4.78, 5) is 69.0. The molecule has 0 rings (SSSR count). The average molecular weight is 705 g/mol. The quantitative estimate of drug-likeness (QED) is 0.262. The van der Waals surface area contributed by atoms with E-state index >= 15 is 0 Å². The molecule has 7 heteroatoms.